The second kappa shape index (κ2) is 4.33. The Balaban J connectivity index is 3.58. The van der Waals surface area contributed by atoms with Gasteiger partial charge in [0.15, 0.2) is 0 Å². The first kappa shape index (κ1) is 9.49. The van der Waals surface area contributed by atoms with E-state index in [2.05, 4.69) is 25.9 Å². The second-order valence-electron chi connectivity index (χ2n) is 1.13. The molecule has 0 amide bonds. The molecule has 4 nitrogen and oxygen atoms in total. The highest BCUT2D eigenvalue weighted by Gasteiger charge is 2.13. The number of hydrogen-bond donors (Lipinski definition) is 1. The Morgan fingerprint density at radius 1 is 1.67 bits per heavy atom. The molecule has 0 saturated heterocycles. The van der Waals surface area contributed by atoms with Crippen LogP contribution >= 0.6 is 6.72 Å². The quantitative estimate of drug-likeness (QED) is 0.386. The van der Waals surface area contributed by atoms with Crippen LogP contribution in [0.25, 0.3) is 0 Å². The standard InChI is InChI=1S/C3H9O4PS/c1-3-6-8(4,9)7-5-2/h3H2,1-2H3,(H,4,9). The summed E-state index contributed by atoms with van der Waals surface area (Å²) in [5.41, 5.74) is 0. The molecule has 1 N–H and O–H groups in total. The zero-order valence-corrected chi connectivity index (χ0v) is 6.95. The van der Waals surface area contributed by atoms with Crippen molar-refractivity contribution < 1.29 is 19.0 Å². The summed E-state index contributed by atoms with van der Waals surface area (Å²) < 4.78 is 8.83. The summed E-state index contributed by atoms with van der Waals surface area (Å²) in [7, 11) is 1.26. The Labute approximate surface area is 58.9 Å². The Hall–Kier alpha value is 0.490. The van der Waals surface area contributed by atoms with Crippen molar-refractivity contribution in [2.45, 2.75) is 6.92 Å². The third-order valence-corrected chi connectivity index (χ3v) is 1.88. The molecule has 0 saturated carbocycles. The van der Waals surface area contributed by atoms with Crippen LogP contribution in [0.4, 0.5) is 0 Å². The molecule has 0 spiro atoms. The summed E-state index contributed by atoms with van der Waals surface area (Å²) in [5, 5.41) is 0. The van der Waals surface area contributed by atoms with Crippen LogP contribution < -0.4 is 0 Å². The molecule has 56 valence electrons. The monoisotopic (exact) mass is 172 g/mol. The summed E-state index contributed by atoms with van der Waals surface area (Å²) in [6.07, 6.45) is 0. The van der Waals surface area contributed by atoms with E-state index < -0.39 is 6.72 Å². The van der Waals surface area contributed by atoms with E-state index in [4.69, 9.17) is 4.89 Å². The van der Waals surface area contributed by atoms with Gasteiger partial charge in [0.1, 0.15) is 0 Å². The highest BCUT2D eigenvalue weighted by Crippen LogP contribution is 2.43. The molecule has 0 aromatic rings. The van der Waals surface area contributed by atoms with Crippen LogP contribution in [0, 0.1) is 0 Å². The maximum Gasteiger partial charge on any atom is 0.353 e. The zero-order valence-electron chi connectivity index (χ0n) is 5.23. The van der Waals surface area contributed by atoms with Crippen LogP contribution in [0.1, 0.15) is 6.92 Å². The van der Waals surface area contributed by atoms with Gasteiger partial charge in [-0.1, -0.05) is 0 Å². The minimum atomic E-state index is -3.08. The maximum atomic E-state index is 8.87. The summed E-state index contributed by atoms with van der Waals surface area (Å²) in [5.74, 6) is 0. The van der Waals surface area contributed by atoms with Gasteiger partial charge < -0.3 is 9.42 Å². The number of hydrogen-bond acceptors (Lipinski definition) is 4. The van der Waals surface area contributed by atoms with Crippen molar-refractivity contribution in [1.29, 1.82) is 0 Å². The molecular formula is C3H9O4PS. The van der Waals surface area contributed by atoms with Crippen LogP contribution in [-0.2, 0) is 25.9 Å². The minimum Gasteiger partial charge on any atom is -0.323 e. The third kappa shape index (κ3) is 4.96. The van der Waals surface area contributed by atoms with Crippen molar-refractivity contribution in [3.63, 3.8) is 0 Å². The molecule has 0 aliphatic rings. The molecule has 1 unspecified atom stereocenters. The summed E-state index contributed by atoms with van der Waals surface area (Å²) >= 11 is 4.44. The van der Waals surface area contributed by atoms with Gasteiger partial charge in [-0.3, -0.25) is 0 Å². The summed E-state index contributed by atoms with van der Waals surface area (Å²) in [6.45, 7) is -1.06. The lowest BCUT2D eigenvalue weighted by atomic mass is 10.9. The number of rotatable bonds is 4. The normalized spacial score (nSPS) is 17.2. The van der Waals surface area contributed by atoms with E-state index in [0.29, 0.717) is 6.61 Å². The zero-order chi connectivity index (χ0) is 7.33. The van der Waals surface area contributed by atoms with Gasteiger partial charge >= 0.3 is 6.72 Å². The lowest BCUT2D eigenvalue weighted by Crippen LogP contribution is -1.92. The topological polar surface area (TPSA) is 47.9 Å². The van der Waals surface area contributed by atoms with Gasteiger partial charge in [-0.2, -0.15) is 0 Å². The molecule has 0 aromatic heterocycles. The minimum absolute atomic E-state index is 0.317. The van der Waals surface area contributed by atoms with E-state index in [1.165, 1.54) is 7.11 Å². The van der Waals surface area contributed by atoms with Gasteiger partial charge in [0.25, 0.3) is 0 Å². The molecule has 0 aliphatic heterocycles. The SMILES string of the molecule is CCOP(O)(=S)OOC. The van der Waals surface area contributed by atoms with Crippen molar-refractivity contribution in [1.82, 2.24) is 0 Å². The molecule has 6 heteroatoms. The Kier molecular flexibility index (Phi) is 4.56. The average Bonchev–Trinajstić information content (AvgIpc) is 1.64. The fourth-order valence-corrected chi connectivity index (χ4v) is 1.34. The van der Waals surface area contributed by atoms with Crippen LogP contribution in [0.3, 0.4) is 0 Å². The first-order valence-corrected chi connectivity index (χ1v) is 4.91. The molecule has 0 aliphatic carbocycles. The predicted molar refractivity (Wildman–Crippen MR) is 36.2 cm³/mol. The molecule has 0 fully saturated rings. The van der Waals surface area contributed by atoms with E-state index in [1.54, 1.807) is 6.92 Å². The second-order valence-corrected chi connectivity index (χ2v) is 3.86. The van der Waals surface area contributed by atoms with Crippen molar-refractivity contribution in [3.8, 4) is 0 Å². The van der Waals surface area contributed by atoms with Crippen LogP contribution in [0.15, 0.2) is 0 Å². The first-order chi connectivity index (χ1) is 4.12. The molecule has 0 radical (unpaired) electrons. The highest BCUT2D eigenvalue weighted by atomic mass is 32.5. The van der Waals surface area contributed by atoms with Gasteiger partial charge in [0, 0.05) is 0 Å². The van der Waals surface area contributed by atoms with Crippen molar-refractivity contribution in [2.24, 2.45) is 0 Å². The van der Waals surface area contributed by atoms with Gasteiger partial charge in [0.2, 0.25) is 0 Å². The Morgan fingerprint density at radius 2 is 2.22 bits per heavy atom. The van der Waals surface area contributed by atoms with Gasteiger partial charge in [-0.25, -0.2) is 4.89 Å². The molecule has 9 heavy (non-hydrogen) atoms. The molecule has 1 atom stereocenters. The predicted octanol–water partition coefficient (Wildman–Crippen LogP) is 0.818. The molecule has 0 bridgehead atoms. The van der Waals surface area contributed by atoms with Crippen LogP contribution in [0.5, 0.6) is 0 Å². The summed E-state index contributed by atoms with van der Waals surface area (Å²) in [6, 6.07) is 0. The summed E-state index contributed by atoms with van der Waals surface area (Å²) in [4.78, 5) is 13.0. The first-order valence-electron chi connectivity index (χ1n) is 2.32. The average molecular weight is 172 g/mol. The van der Waals surface area contributed by atoms with E-state index in [-0.39, 0.29) is 0 Å². The van der Waals surface area contributed by atoms with Crippen molar-refractivity contribution >= 4 is 18.5 Å². The van der Waals surface area contributed by atoms with Crippen molar-refractivity contribution in [2.75, 3.05) is 13.7 Å². The van der Waals surface area contributed by atoms with Gasteiger partial charge in [-0.05, 0) is 18.7 Å². The fourth-order valence-electron chi connectivity index (χ4n) is 0.279. The Morgan fingerprint density at radius 3 is 2.56 bits per heavy atom. The van der Waals surface area contributed by atoms with Crippen molar-refractivity contribution in [3.05, 3.63) is 0 Å². The Bertz CT molecular complexity index is 106. The van der Waals surface area contributed by atoms with E-state index in [1.807, 2.05) is 0 Å². The largest absolute Gasteiger partial charge is 0.353 e. The van der Waals surface area contributed by atoms with E-state index in [9.17, 15) is 0 Å². The molecular weight excluding hydrogens is 163 g/mol. The lowest BCUT2D eigenvalue weighted by Gasteiger charge is -2.10. The maximum absolute atomic E-state index is 8.87. The molecule has 0 heterocycles. The highest BCUT2D eigenvalue weighted by molar-refractivity contribution is 8.07. The molecule has 0 rings (SSSR count). The van der Waals surface area contributed by atoms with E-state index in [0.717, 1.165) is 0 Å². The lowest BCUT2D eigenvalue weighted by molar-refractivity contribution is -0.188. The fraction of sp³-hybridized carbons (Fsp3) is 1.00. The van der Waals surface area contributed by atoms with E-state index >= 15 is 0 Å². The van der Waals surface area contributed by atoms with Gasteiger partial charge in [0.05, 0.1) is 13.7 Å². The smallest absolute Gasteiger partial charge is 0.323 e. The van der Waals surface area contributed by atoms with Gasteiger partial charge in [-0.15, -0.1) is 4.67 Å². The van der Waals surface area contributed by atoms with Crippen LogP contribution in [-0.4, -0.2) is 18.6 Å². The molecule has 0 aromatic carbocycles. The third-order valence-electron chi connectivity index (χ3n) is 0.461. The van der Waals surface area contributed by atoms with Crippen LogP contribution in [0.2, 0.25) is 0 Å².